The third-order valence-corrected chi connectivity index (χ3v) is 4.41. The first kappa shape index (κ1) is 16.0. The van der Waals surface area contributed by atoms with Crippen molar-refractivity contribution in [2.45, 2.75) is 58.5 Å². The largest absolute Gasteiger partial charge is 0.481 e. The average Bonchev–Trinajstić information content (AvgIpc) is 2.79. The van der Waals surface area contributed by atoms with Gasteiger partial charge < -0.3 is 15.5 Å². The molecule has 0 radical (unpaired) electrons. The predicted octanol–water partition coefficient (Wildman–Crippen LogP) is 1.54. The van der Waals surface area contributed by atoms with Crippen molar-refractivity contribution in [3.05, 3.63) is 0 Å². The molecule has 1 saturated carbocycles. The number of hydrogen-bond acceptors (Lipinski definition) is 3. The lowest BCUT2D eigenvalue weighted by atomic mass is 9.79. The fraction of sp³-hybridized carbons (Fsp3) is 0.857. The maximum atomic E-state index is 11.9. The molecular formula is C14H25NO4. The summed E-state index contributed by atoms with van der Waals surface area (Å²) in [6.07, 6.45) is 3.14. The van der Waals surface area contributed by atoms with Crippen LogP contribution in [-0.2, 0) is 9.59 Å². The average molecular weight is 271 g/mol. The smallest absolute Gasteiger partial charge is 0.310 e. The zero-order valence-corrected chi connectivity index (χ0v) is 11.8. The Bertz CT molecular complexity index is 325. The lowest BCUT2D eigenvalue weighted by Gasteiger charge is -2.26. The molecule has 19 heavy (non-hydrogen) atoms. The molecule has 5 nitrogen and oxygen atoms in total. The Kier molecular flexibility index (Phi) is 5.79. The zero-order valence-electron chi connectivity index (χ0n) is 11.8. The van der Waals surface area contributed by atoms with Crippen LogP contribution in [0.2, 0.25) is 0 Å². The first-order valence-corrected chi connectivity index (χ1v) is 7.11. The summed E-state index contributed by atoms with van der Waals surface area (Å²) in [6.45, 7) is 4.15. The molecule has 0 aromatic rings. The minimum absolute atomic E-state index is 0.0323. The van der Waals surface area contributed by atoms with E-state index in [1.165, 1.54) is 0 Å². The van der Waals surface area contributed by atoms with Gasteiger partial charge in [-0.25, -0.2) is 0 Å². The summed E-state index contributed by atoms with van der Waals surface area (Å²) in [5, 5.41) is 21.5. The number of rotatable bonds is 7. The number of aliphatic hydroxyl groups is 1. The molecule has 0 aromatic carbocycles. The third kappa shape index (κ3) is 4.20. The number of carbonyl (C=O) groups excluding carboxylic acids is 1. The van der Waals surface area contributed by atoms with Gasteiger partial charge in [0.25, 0.3) is 0 Å². The molecule has 0 aromatic heterocycles. The van der Waals surface area contributed by atoms with Crippen molar-refractivity contribution in [3.8, 4) is 0 Å². The van der Waals surface area contributed by atoms with E-state index in [1.54, 1.807) is 13.8 Å². The van der Waals surface area contributed by atoms with Crippen LogP contribution < -0.4 is 5.32 Å². The number of carboxylic acid groups (broad SMARTS) is 1. The number of aliphatic carboxylic acids is 1. The SMILES string of the molecule is CCC(CC)(CC(=O)NCC1CCC(O)C1)C(=O)O. The van der Waals surface area contributed by atoms with Crippen LogP contribution in [0.5, 0.6) is 0 Å². The molecule has 1 aliphatic rings. The summed E-state index contributed by atoms with van der Waals surface area (Å²) in [5.74, 6) is -0.780. The van der Waals surface area contributed by atoms with Crippen LogP contribution in [0, 0.1) is 11.3 Å². The Morgan fingerprint density at radius 1 is 1.26 bits per heavy atom. The van der Waals surface area contributed by atoms with Gasteiger partial charge in [0.05, 0.1) is 11.5 Å². The van der Waals surface area contributed by atoms with E-state index in [0.29, 0.717) is 25.3 Å². The molecule has 110 valence electrons. The second-order valence-corrected chi connectivity index (χ2v) is 5.61. The van der Waals surface area contributed by atoms with E-state index in [-0.39, 0.29) is 18.4 Å². The first-order chi connectivity index (χ1) is 8.93. The predicted molar refractivity (Wildman–Crippen MR) is 71.6 cm³/mol. The molecule has 5 heteroatoms. The monoisotopic (exact) mass is 271 g/mol. The van der Waals surface area contributed by atoms with Gasteiger partial charge in [0.2, 0.25) is 5.91 Å². The highest BCUT2D eigenvalue weighted by atomic mass is 16.4. The standard InChI is InChI=1S/C14H25NO4/c1-3-14(4-2,13(18)19)8-12(17)15-9-10-5-6-11(16)7-10/h10-11,16H,3-9H2,1-2H3,(H,15,17)(H,18,19). The third-order valence-electron chi connectivity index (χ3n) is 4.41. The van der Waals surface area contributed by atoms with Crippen LogP contribution in [0.15, 0.2) is 0 Å². The maximum Gasteiger partial charge on any atom is 0.310 e. The molecule has 0 spiro atoms. The van der Waals surface area contributed by atoms with Crippen molar-refractivity contribution < 1.29 is 19.8 Å². The van der Waals surface area contributed by atoms with E-state index in [1.807, 2.05) is 0 Å². The molecule has 0 heterocycles. The van der Waals surface area contributed by atoms with Gasteiger partial charge in [-0.2, -0.15) is 0 Å². The molecule has 1 fully saturated rings. The van der Waals surface area contributed by atoms with Gasteiger partial charge in [-0.05, 0) is 38.0 Å². The molecule has 2 unspecified atom stereocenters. The summed E-state index contributed by atoms with van der Waals surface area (Å²) in [4.78, 5) is 23.2. The van der Waals surface area contributed by atoms with Gasteiger partial charge in [-0.3, -0.25) is 9.59 Å². The van der Waals surface area contributed by atoms with Crippen LogP contribution >= 0.6 is 0 Å². The topological polar surface area (TPSA) is 86.6 Å². The van der Waals surface area contributed by atoms with Crippen LogP contribution in [-0.4, -0.2) is 34.7 Å². The van der Waals surface area contributed by atoms with E-state index >= 15 is 0 Å². The molecule has 1 aliphatic carbocycles. The summed E-state index contributed by atoms with van der Waals surface area (Å²) in [5.41, 5.74) is -0.945. The van der Waals surface area contributed by atoms with Crippen molar-refractivity contribution in [3.63, 3.8) is 0 Å². The van der Waals surface area contributed by atoms with E-state index in [0.717, 1.165) is 19.3 Å². The normalized spacial score (nSPS) is 23.3. The van der Waals surface area contributed by atoms with Gasteiger partial charge in [-0.1, -0.05) is 13.8 Å². The van der Waals surface area contributed by atoms with Gasteiger partial charge in [0.15, 0.2) is 0 Å². The van der Waals surface area contributed by atoms with E-state index < -0.39 is 11.4 Å². The number of hydrogen-bond donors (Lipinski definition) is 3. The Morgan fingerprint density at radius 3 is 2.32 bits per heavy atom. The Labute approximate surface area is 114 Å². The van der Waals surface area contributed by atoms with Gasteiger partial charge in [0, 0.05) is 13.0 Å². The highest BCUT2D eigenvalue weighted by Crippen LogP contribution is 2.31. The lowest BCUT2D eigenvalue weighted by Crippen LogP contribution is -2.38. The summed E-state index contributed by atoms with van der Waals surface area (Å²) in [7, 11) is 0. The highest BCUT2D eigenvalue weighted by Gasteiger charge is 2.37. The minimum Gasteiger partial charge on any atom is -0.481 e. The Balaban J connectivity index is 2.43. The number of carboxylic acids is 1. The Hall–Kier alpha value is -1.10. The Morgan fingerprint density at radius 2 is 1.89 bits per heavy atom. The summed E-state index contributed by atoms with van der Waals surface area (Å²) in [6, 6.07) is 0. The minimum atomic E-state index is -0.945. The molecule has 1 amide bonds. The van der Waals surface area contributed by atoms with Crippen LogP contribution in [0.25, 0.3) is 0 Å². The number of aliphatic hydroxyl groups excluding tert-OH is 1. The van der Waals surface area contributed by atoms with Gasteiger partial charge >= 0.3 is 5.97 Å². The van der Waals surface area contributed by atoms with Crippen molar-refractivity contribution in [2.75, 3.05) is 6.54 Å². The lowest BCUT2D eigenvalue weighted by molar-refractivity contribution is -0.152. The molecule has 0 bridgehead atoms. The fourth-order valence-corrected chi connectivity index (χ4v) is 2.74. The van der Waals surface area contributed by atoms with Crippen molar-refractivity contribution >= 4 is 11.9 Å². The van der Waals surface area contributed by atoms with Crippen molar-refractivity contribution in [2.24, 2.45) is 11.3 Å². The van der Waals surface area contributed by atoms with E-state index in [9.17, 15) is 19.8 Å². The second kappa shape index (κ2) is 6.89. The van der Waals surface area contributed by atoms with E-state index in [4.69, 9.17) is 0 Å². The molecule has 2 atom stereocenters. The molecule has 1 rings (SSSR count). The molecule has 3 N–H and O–H groups in total. The summed E-state index contributed by atoms with van der Waals surface area (Å²) < 4.78 is 0. The number of carbonyl (C=O) groups is 2. The molecule has 0 aliphatic heterocycles. The van der Waals surface area contributed by atoms with Crippen LogP contribution in [0.4, 0.5) is 0 Å². The highest BCUT2D eigenvalue weighted by molar-refractivity contribution is 5.84. The second-order valence-electron chi connectivity index (χ2n) is 5.61. The molecular weight excluding hydrogens is 246 g/mol. The maximum absolute atomic E-state index is 11.9. The quantitative estimate of drug-likeness (QED) is 0.655. The number of nitrogens with one attached hydrogen (secondary N) is 1. The van der Waals surface area contributed by atoms with E-state index in [2.05, 4.69) is 5.32 Å². The number of amides is 1. The summed E-state index contributed by atoms with van der Waals surface area (Å²) >= 11 is 0. The van der Waals surface area contributed by atoms with Crippen molar-refractivity contribution in [1.82, 2.24) is 5.32 Å². The fourth-order valence-electron chi connectivity index (χ4n) is 2.74. The zero-order chi connectivity index (χ0) is 14.5. The van der Waals surface area contributed by atoms with Gasteiger partial charge in [0.1, 0.15) is 0 Å². The van der Waals surface area contributed by atoms with Crippen molar-refractivity contribution in [1.29, 1.82) is 0 Å². The van der Waals surface area contributed by atoms with Crippen LogP contribution in [0.1, 0.15) is 52.4 Å². The molecule has 0 saturated heterocycles. The van der Waals surface area contributed by atoms with Crippen LogP contribution in [0.3, 0.4) is 0 Å². The van der Waals surface area contributed by atoms with Gasteiger partial charge in [-0.15, -0.1) is 0 Å². The first-order valence-electron chi connectivity index (χ1n) is 7.11.